The molecule has 158 valence electrons. The number of likely N-dealkylation sites (tertiary alicyclic amines) is 1. The zero-order valence-electron chi connectivity index (χ0n) is 17.6. The number of benzene rings is 2. The van der Waals surface area contributed by atoms with Crippen molar-refractivity contribution in [2.24, 2.45) is 5.92 Å². The van der Waals surface area contributed by atoms with E-state index >= 15 is 0 Å². The maximum atomic E-state index is 12.9. The predicted octanol–water partition coefficient (Wildman–Crippen LogP) is 4.51. The minimum Gasteiger partial charge on any atom is -0.356 e. The normalized spacial score (nSPS) is 20.0. The molecule has 2 fully saturated rings. The molecule has 1 atom stereocenters. The highest BCUT2D eigenvalue weighted by molar-refractivity contribution is 5.84. The van der Waals surface area contributed by atoms with Crippen LogP contribution in [0.4, 0.5) is 0 Å². The van der Waals surface area contributed by atoms with Gasteiger partial charge in [-0.3, -0.25) is 9.59 Å². The number of carbonyl (C=O) groups excluding carboxylic acids is 2. The predicted molar refractivity (Wildman–Crippen MR) is 119 cm³/mol. The Balaban J connectivity index is 1.35. The lowest BCUT2D eigenvalue weighted by molar-refractivity contribution is -0.140. The van der Waals surface area contributed by atoms with Crippen LogP contribution in [-0.4, -0.2) is 35.8 Å². The standard InChI is InChI=1S/C26H32N2O2/c29-25-16-15-22(19-28(25)23-13-7-8-14-23)26(30)27-18-17-24(20-9-3-1-4-10-20)21-11-5-2-6-12-21/h1-6,9-12,22-24H,7-8,13-19H2,(H,27,30)/t22-/m0/s1. The number of nitrogens with one attached hydrogen (secondary N) is 1. The molecule has 1 aliphatic carbocycles. The smallest absolute Gasteiger partial charge is 0.224 e. The highest BCUT2D eigenvalue weighted by Crippen LogP contribution is 2.29. The lowest BCUT2D eigenvalue weighted by Gasteiger charge is -2.36. The summed E-state index contributed by atoms with van der Waals surface area (Å²) in [6.45, 7) is 1.23. The Hall–Kier alpha value is -2.62. The molecule has 0 aromatic heterocycles. The molecule has 1 saturated heterocycles. The number of piperidine rings is 1. The summed E-state index contributed by atoms with van der Waals surface area (Å²) >= 11 is 0. The van der Waals surface area contributed by atoms with E-state index in [-0.39, 0.29) is 23.7 Å². The maximum Gasteiger partial charge on any atom is 0.224 e. The second-order valence-corrected chi connectivity index (χ2v) is 8.67. The van der Waals surface area contributed by atoms with Gasteiger partial charge in [0, 0.05) is 31.5 Å². The number of amides is 2. The number of rotatable bonds is 7. The zero-order valence-corrected chi connectivity index (χ0v) is 17.6. The average Bonchev–Trinajstić information content (AvgIpc) is 3.33. The molecule has 4 nitrogen and oxygen atoms in total. The molecule has 1 heterocycles. The summed E-state index contributed by atoms with van der Waals surface area (Å²) in [4.78, 5) is 27.2. The number of carbonyl (C=O) groups is 2. The summed E-state index contributed by atoms with van der Waals surface area (Å²) in [6.07, 6.45) is 6.63. The molecule has 0 bridgehead atoms. The Morgan fingerprint density at radius 1 is 0.933 bits per heavy atom. The molecular formula is C26H32N2O2. The van der Waals surface area contributed by atoms with Gasteiger partial charge in [0.15, 0.2) is 0 Å². The largest absolute Gasteiger partial charge is 0.356 e. The first-order valence-corrected chi connectivity index (χ1v) is 11.4. The Morgan fingerprint density at radius 2 is 1.53 bits per heavy atom. The quantitative estimate of drug-likeness (QED) is 0.738. The van der Waals surface area contributed by atoms with Crippen LogP contribution in [0.3, 0.4) is 0 Å². The van der Waals surface area contributed by atoms with E-state index in [0.29, 0.717) is 32.0 Å². The van der Waals surface area contributed by atoms with Gasteiger partial charge in [0.1, 0.15) is 0 Å². The molecule has 2 amide bonds. The summed E-state index contributed by atoms with van der Waals surface area (Å²) in [5.74, 6) is 0.523. The highest BCUT2D eigenvalue weighted by atomic mass is 16.2. The van der Waals surface area contributed by atoms with Gasteiger partial charge in [-0.05, 0) is 36.8 Å². The van der Waals surface area contributed by atoms with Crippen LogP contribution >= 0.6 is 0 Å². The molecule has 0 unspecified atom stereocenters. The van der Waals surface area contributed by atoms with E-state index in [1.165, 1.54) is 24.0 Å². The zero-order chi connectivity index (χ0) is 20.8. The van der Waals surface area contributed by atoms with E-state index in [1.807, 2.05) is 17.0 Å². The van der Waals surface area contributed by atoms with E-state index in [2.05, 4.69) is 53.8 Å². The van der Waals surface area contributed by atoms with Gasteiger partial charge in [-0.25, -0.2) is 0 Å². The van der Waals surface area contributed by atoms with Crippen LogP contribution in [0, 0.1) is 5.92 Å². The van der Waals surface area contributed by atoms with Gasteiger partial charge in [-0.2, -0.15) is 0 Å². The molecule has 30 heavy (non-hydrogen) atoms. The lowest BCUT2D eigenvalue weighted by Crippen LogP contribution is -2.49. The van der Waals surface area contributed by atoms with Crippen LogP contribution in [0.15, 0.2) is 60.7 Å². The van der Waals surface area contributed by atoms with Crippen molar-refractivity contribution >= 4 is 11.8 Å². The van der Waals surface area contributed by atoms with Crippen LogP contribution in [0.5, 0.6) is 0 Å². The van der Waals surface area contributed by atoms with Crippen molar-refractivity contribution in [3.8, 4) is 0 Å². The second kappa shape index (κ2) is 9.92. The van der Waals surface area contributed by atoms with Gasteiger partial charge in [0.25, 0.3) is 0 Å². The summed E-state index contributed by atoms with van der Waals surface area (Å²) in [5, 5.41) is 3.17. The van der Waals surface area contributed by atoms with Gasteiger partial charge in [0.2, 0.25) is 11.8 Å². The fourth-order valence-electron chi connectivity index (χ4n) is 5.04. The van der Waals surface area contributed by atoms with Crippen molar-refractivity contribution in [3.05, 3.63) is 71.8 Å². The molecule has 2 aromatic rings. The molecule has 2 aliphatic rings. The first-order valence-electron chi connectivity index (χ1n) is 11.4. The van der Waals surface area contributed by atoms with Crippen molar-refractivity contribution in [2.75, 3.05) is 13.1 Å². The van der Waals surface area contributed by atoms with Crippen LogP contribution in [-0.2, 0) is 9.59 Å². The van der Waals surface area contributed by atoms with Crippen molar-refractivity contribution in [3.63, 3.8) is 0 Å². The number of hydrogen-bond acceptors (Lipinski definition) is 2. The fraction of sp³-hybridized carbons (Fsp3) is 0.462. The van der Waals surface area contributed by atoms with Gasteiger partial charge in [-0.15, -0.1) is 0 Å². The molecular weight excluding hydrogens is 372 g/mol. The van der Waals surface area contributed by atoms with Crippen molar-refractivity contribution in [1.82, 2.24) is 10.2 Å². The molecule has 1 saturated carbocycles. The van der Waals surface area contributed by atoms with Crippen molar-refractivity contribution in [2.45, 2.75) is 56.9 Å². The maximum absolute atomic E-state index is 12.9. The molecule has 4 rings (SSSR count). The summed E-state index contributed by atoms with van der Waals surface area (Å²) in [5.41, 5.74) is 2.54. The fourth-order valence-corrected chi connectivity index (χ4v) is 5.04. The molecule has 1 aliphatic heterocycles. The summed E-state index contributed by atoms with van der Waals surface area (Å²) < 4.78 is 0. The average molecular weight is 405 g/mol. The molecule has 4 heteroatoms. The van der Waals surface area contributed by atoms with Gasteiger partial charge < -0.3 is 10.2 Å². The number of nitrogens with zero attached hydrogens (tertiary/aromatic N) is 1. The molecule has 2 aromatic carbocycles. The Labute approximate surface area is 179 Å². The Kier molecular flexibility index (Phi) is 6.83. The van der Waals surface area contributed by atoms with Crippen LogP contribution in [0.25, 0.3) is 0 Å². The third kappa shape index (κ3) is 4.92. The van der Waals surface area contributed by atoms with Gasteiger partial charge in [-0.1, -0.05) is 73.5 Å². The van der Waals surface area contributed by atoms with Crippen LogP contribution in [0.1, 0.15) is 62.0 Å². The van der Waals surface area contributed by atoms with E-state index < -0.39 is 0 Å². The first kappa shape index (κ1) is 20.6. The van der Waals surface area contributed by atoms with Crippen LogP contribution in [0.2, 0.25) is 0 Å². The first-order chi connectivity index (χ1) is 14.7. The molecule has 0 radical (unpaired) electrons. The summed E-state index contributed by atoms with van der Waals surface area (Å²) in [6, 6.07) is 21.3. The lowest BCUT2D eigenvalue weighted by atomic mass is 9.88. The SMILES string of the molecule is O=C(NCCC(c1ccccc1)c1ccccc1)[C@H]1CCC(=O)N(C2CCCC2)C1. The molecule has 1 N–H and O–H groups in total. The van der Waals surface area contributed by atoms with E-state index in [1.54, 1.807) is 0 Å². The minimum absolute atomic E-state index is 0.0739. The van der Waals surface area contributed by atoms with E-state index in [4.69, 9.17) is 0 Å². The van der Waals surface area contributed by atoms with Crippen LogP contribution < -0.4 is 5.32 Å². The van der Waals surface area contributed by atoms with Gasteiger partial charge in [0.05, 0.1) is 5.92 Å². The Morgan fingerprint density at radius 3 is 2.13 bits per heavy atom. The third-order valence-corrected chi connectivity index (χ3v) is 6.72. The monoisotopic (exact) mass is 404 g/mol. The summed E-state index contributed by atoms with van der Waals surface area (Å²) in [7, 11) is 0. The Bertz CT molecular complexity index is 791. The van der Waals surface area contributed by atoms with Gasteiger partial charge >= 0.3 is 0 Å². The minimum atomic E-state index is -0.0739. The number of hydrogen-bond donors (Lipinski definition) is 1. The molecule has 0 spiro atoms. The van der Waals surface area contributed by atoms with E-state index in [9.17, 15) is 9.59 Å². The third-order valence-electron chi connectivity index (χ3n) is 6.72. The van der Waals surface area contributed by atoms with Crippen molar-refractivity contribution in [1.29, 1.82) is 0 Å². The second-order valence-electron chi connectivity index (χ2n) is 8.67. The van der Waals surface area contributed by atoms with E-state index in [0.717, 1.165) is 19.3 Å². The highest BCUT2D eigenvalue weighted by Gasteiger charge is 2.35. The van der Waals surface area contributed by atoms with Crippen molar-refractivity contribution < 1.29 is 9.59 Å². The topological polar surface area (TPSA) is 49.4 Å².